The SMILES string of the molecule is CNC(C)C(CC(=O)O)c1ccc(Cl)cc1. The van der Waals surface area contributed by atoms with Crippen LogP contribution in [0.3, 0.4) is 0 Å². The summed E-state index contributed by atoms with van der Waals surface area (Å²) in [6, 6.07) is 7.44. The molecule has 4 heteroatoms. The number of nitrogens with one attached hydrogen (secondary N) is 1. The van der Waals surface area contributed by atoms with Gasteiger partial charge in [-0.2, -0.15) is 0 Å². The Morgan fingerprint density at radius 2 is 2.00 bits per heavy atom. The lowest BCUT2D eigenvalue weighted by molar-refractivity contribution is -0.137. The van der Waals surface area contributed by atoms with Crippen LogP contribution in [-0.4, -0.2) is 24.2 Å². The lowest BCUT2D eigenvalue weighted by atomic mass is 9.89. The van der Waals surface area contributed by atoms with Crippen LogP contribution in [0.2, 0.25) is 5.02 Å². The molecule has 0 aromatic heterocycles. The van der Waals surface area contributed by atoms with Gasteiger partial charge < -0.3 is 10.4 Å². The fraction of sp³-hybridized carbons (Fsp3) is 0.417. The van der Waals surface area contributed by atoms with E-state index in [9.17, 15) is 4.79 Å². The summed E-state index contributed by atoms with van der Waals surface area (Å²) in [6.07, 6.45) is 0.115. The third-order valence-electron chi connectivity index (χ3n) is 2.75. The molecule has 88 valence electrons. The van der Waals surface area contributed by atoms with E-state index in [-0.39, 0.29) is 18.4 Å². The zero-order chi connectivity index (χ0) is 12.1. The van der Waals surface area contributed by atoms with Gasteiger partial charge in [0.15, 0.2) is 0 Å². The van der Waals surface area contributed by atoms with Crippen molar-refractivity contribution < 1.29 is 9.90 Å². The average molecular weight is 242 g/mol. The zero-order valence-corrected chi connectivity index (χ0v) is 10.2. The molecule has 1 aromatic rings. The maximum absolute atomic E-state index is 10.8. The van der Waals surface area contributed by atoms with Crippen molar-refractivity contribution in [3.05, 3.63) is 34.9 Å². The average Bonchev–Trinajstić information content (AvgIpc) is 2.26. The molecule has 2 N–H and O–H groups in total. The van der Waals surface area contributed by atoms with E-state index >= 15 is 0 Å². The van der Waals surface area contributed by atoms with Crippen LogP contribution < -0.4 is 5.32 Å². The molecule has 1 aromatic carbocycles. The molecular formula is C12H16ClNO2. The predicted molar refractivity (Wildman–Crippen MR) is 65.0 cm³/mol. The van der Waals surface area contributed by atoms with E-state index in [1.54, 1.807) is 12.1 Å². The Morgan fingerprint density at radius 1 is 1.44 bits per heavy atom. The minimum absolute atomic E-state index is 0.0419. The van der Waals surface area contributed by atoms with Gasteiger partial charge in [0, 0.05) is 17.0 Å². The van der Waals surface area contributed by atoms with E-state index in [4.69, 9.17) is 16.7 Å². The summed E-state index contributed by atoms with van der Waals surface area (Å²) in [4.78, 5) is 10.8. The standard InChI is InChI=1S/C12H16ClNO2/c1-8(14-2)11(7-12(15)16)9-3-5-10(13)6-4-9/h3-6,8,11,14H,7H2,1-2H3,(H,15,16). The fourth-order valence-electron chi connectivity index (χ4n) is 1.68. The molecule has 0 saturated heterocycles. The molecule has 0 aliphatic heterocycles. The second-order valence-electron chi connectivity index (χ2n) is 3.83. The van der Waals surface area contributed by atoms with E-state index in [2.05, 4.69) is 5.32 Å². The topological polar surface area (TPSA) is 49.3 Å². The van der Waals surface area contributed by atoms with Crippen molar-refractivity contribution in [1.82, 2.24) is 5.32 Å². The molecule has 16 heavy (non-hydrogen) atoms. The van der Waals surface area contributed by atoms with Crippen LogP contribution >= 0.6 is 11.6 Å². The first kappa shape index (κ1) is 13.0. The van der Waals surface area contributed by atoms with Crippen molar-refractivity contribution in [2.24, 2.45) is 0 Å². The van der Waals surface area contributed by atoms with Crippen LogP contribution in [0.5, 0.6) is 0 Å². The Balaban J connectivity index is 2.91. The van der Waals surface area contributed by atoms with E-state index in [0.29, 0.717) is 5.02 Å². The first-order valence-electron chi connectivity index (χ1n) is 5.19. The first-order valence-corrected chi connectivity index (χ1v) is 5.57. The quantitative estimate of drug-likeness (QED) is 0.833. The van der Waals surface area contributed by atoms with Crippen molar-refractivity contribution in [2.45, 2.75) is 25.3 Å². The third kappa shape index (κ3) is 3.51. The van der Waals surface area contributed by atoms with E-state index in [0.717, 1.165) is 5.56 Å². The van der Waals surface area contributed by atoms with Gasteiger partial charge in [0.2, 0.25) is 0 Å². The van der Waals surface area contributed by atoms with Gasteiger partial charge >= 0.3 is 5.97 Å². The number of rotatable bonds is 5. The molecule has 0 bridgehead atoms. The van der Waals surface area contributed by atoms with Gasteiger partial charge in [0.05, 0.1) is 6.42 Å². The highest BCUT2D eigenvalue weighted by atomic mass is 35.5. The van der Waals surface area contributed by atoms with Gasteiger partial charge in [-0.15, -0.1) is 0 Å². The summed E-state index contributed by atoms with van der Waals surface area (Å²) in [6.45, 7) is 1.97. The fourth-order valence-corrected chi connectivity index (χ4v) is 1.81. The maximum atomic E-state index is 10.8. The highest BCUT2D eigenvalue weighted by Crippen LogP contribution is 2.24. The Morgan fingerprint density at radius 3 is 2.44 bits per heavy atom. The van der Waals surface area contributed by atoms with Crippen LogP contribution in [0, 0.1) is 0 Å². The Bertz CT molecular complexity index is 351. The smallest absolute Gasteiger partial charge is 0.304 e. The van der Waals surface area contributed by atoms with Gasteiger partial charge in [0.25, 0.3) is 0 Å². The number of likely N-dealkylation sites (N-methyl/N-ethyl adjacent to an activating group) is 1. The zero-order valence-electron chi connectivity index (χ0n) is 9.40. The largest absolute Gasteiger partial charge is 0.481 e. The summed E-state index contributed by atoms with van der Waals surface area (Å²) in [5.74, 6) is -0.832. The first-order chi connectivity index (χ1) is 7.54. The van der Waals surface area contributed by atoms with E-state index in [1.165, 1.54) is 0 Å². The minimum Gasteiger partial charge on any atom is -0.481 e. The van der Waals surface area contributed by atoms with Crippen molar-refractivity contribution in [2.75, 3.05) is 7.05 Å². The highest BCUT2D eigenvalue weighted by Gasteiger charge is 2.20. The van der Waals surface area contributed by atoms with Crippen LogP contribution in [0.25, 0.3) is 0 Å². The van der Waals surface area contributed by atoms with Crippen LogP contribution in [0.1, 0.15) is 24.8 Å². The lowest BCUT2D eigenvalue weighted by Gasteiger charge is -2.22. The number of carboxylic acids is 1. The minimum atomic E-state index is -0.790. The van der Waals surface area contributed by atoms with Crippen molar-refractivity contribution >= 4 is 17.6 Å². The summed E-state index contributed by atoms with van der Waals surface area (Å²) in [5.41, 5.74) is 0.994. The molecule has 0 aliphatic rings. The number of hydrogen-bond donors (Lipinski definition) is 2. The predicted octanol–water partition coefficient (Wildman–Crippen LogP) is 2.51. The molecule has 0 heterocycles. The second-order valence-corrected chi connectivity index (χ2v) is 4.27. The molecule has 3 nitrogen and oxygen atoms in total. The molecule has 0 aliphatic carbocycles. The van der Waals surface area contributed by atoms with E-state index < -0.39 is 5.97 Å². The molecule has 0 spiro atoms. The number of carbonyl (C=O) groups is 1. The lowest BCUT2D eigenvalue weighted by Crippen LogP contribution is -2.30. The molecule has 0 fully saturated rings. The normalized spacial score (nSPS) is 14.4. The molecule has 2 atom stereocenters. The number of aliphatic carboxylic acids is 1. The highest BCUT2D eigenvalue weighted by molar-refractivity contribution is 6.30. The number of hydrogen-bond acceptors (Lipinski definition) is 2. The molecule has 2 unspecified atom stereocenters. The van der Waals surface area contributed by atoms with Gasteiger partial charge in [0.1, 0.15) is 0 Å². The van der Waals surface area contributed by atoms with Gasteiger partial charge in [-0.05, 0) is 31.7 Å². The number of benzene rings is 1. The molecule has 0 radical (unpaired) electrons. The summed E-state index contributed by atoms with van der Waals surface area (Å²) >= 11 is 5.80. The Labute approximate surface area is 100 Å². The van der Waals surface area contributed by atoms with Gasteiger partial charge in [-0.1, -0.05) is 23.7 Å². The molecule has 0 amide bonds. The third-order valence-corrected chi connectivity index (χ3v) is 3.00. The van der Waals surface area contributed by atoms with Gasteiger partial charge in [-0.25, -0.2) is 0 Å². The Hall–Kier alpha value is -1.06. The summed E-state index contributed by atoms with van der Waals surface area (Å²) in [5, 5.41) is 12.6. The monoisotopic (exact) mass is 241 g/mol. The second kappa shape index (κ2) is 5.87. The summed E-state index contributed by atoms with van der Waals surface area (Å²) in [7, 11) is 1.83. The van der Waals surface area contributed by atoms with Crippen molar-refractivity contribution in [3.8, 4) is 0 Å². The summed E-state index contributed by atoms with van der Waals surface area (Å²) < 4.78 is 0. The van der Waals surface area contributed by atoms with Crippen LogP contribution in [0.4, 0.5) is 0 Å². The molecule has 1 rings (SSSR count). The number of carboxylic acid groups (broad SMARTS) is 1. The van der Waals surface area contributed by atoms with Gasteiger partial charge in [-0.3, -0.25) is 4.79 Å². The number of halogens is 1. The Kier molecular flexibility index (Phi) is 4.77. The molecule has 0 saturated carbocycles. The maximum Gasteiger partial charge on any atom is 0.304 e. The molecular weight excluding hydrogens is 226 g/mol. The van der Waals surface area contributed by atoms with E-state index in [1.807, 2.05) is 26.1 Å². The van der Waals surface area contributed by atoms with Crippen LogP contribution in [-0.2, 0) is 4.79 Å². The van der Waals surface area contributed by atoms with Crippen molar-refractivity contribution in [3.63, 3.8) is 0 Å². The van der Waals surface area contributed by atoms with Crippen LogP contribution in [0.15, 0.2) is 24.3 Å². The van der Waals surface area contributed by atoms with Crippen molar-refractivity contribution in [1.29, 1.82) is 0 Å².